The zero-order valence-corrected chi connectivity index (χ0v) is 13.6. The molecular formula is C15H13ClN2O4S. The molecule has 0 saturated carbocycles. The van der Waals surface area contributed by atoms with Gasteiger partial charge in [0.1, 0.15) is 4.90 Å². The zero-order chi connectivity index (χ0) is 16.9. The van der Waals surface area contributed by atoms with Crippen LogP contribution in [0, 0.1) is 0 Å². The Morgan fingerprint density at radius 1 is 1.17 bits per heavy atom. The third-order valence-electron chi connectivity index (χ3n) is 2.84. The van der Waals surface area contributed by atoms with Gasteiger partial charge >= 0.3 is 5.97 Å². The smallest absolute Gasteiger partial charge is 0.339 e. The molecule has 0 spiro atoms. The van der Waals surface area contributed by atoms with Crippen molar-refractivity contribution in [2.45, 2.75) is 4.90 Å². The molecule has 1 N–H and O–H groups in total. The molecular weight excluding hydrogens is 340 g/mol. The Morgan fingerprint density at radius 2 is 1.83 bits per heavy atom. The maximum absolute atomic E-state index is 12.3. The van der Waals surface area contributed by atoms with Crippen LogP contribution in [0.1, 0.15) is 15.9 Å². The van der Waals surface area contributed by atoms with E-state index in [4.69, 9.17) is 11.6 Å². The molecule has 0 fully saturated rings. The van der Waals surface area contributed by atoms with E-state index in [9.17, 15) is 13.2 Å². The molecule has 0 radical (unpaired) electrons. The van der Waals surface area contributed by atoms with Gasteiger partial charge in [-0.25, -0.2) is 9.63 Å². The van der Waals surface area contributed by atoms with Crippen molar-refractivity contribution in [1.82, 2.24) is 4.83 Å². The summed E-state index contributed by atoms with van der Waals surface area (Å²) in [5.41, 5.74) is 0.600. The summed E-state index contributed by atoms with van der Waals surface area (Å²) in [4.78, 5) is 13.5. The fourth-order valence-corrected chi connectivity index (χ4v) is 2.86. The molecule has 0 amide bonds. The van der Waals surface area contributed by atoms with Gasteiger partial charge in [0.05, 0.1) is 18.9 Å². The van der Waals surface area contributed by atoms with Crippen LogP contribution in [-0.4, -0.2) is 27.7 Å². The van der Waals surface area contributed by atoms with Gasteiger partial charge in [-0.05, 0) is 29.8 Å². The minimum absolute atomic E-state index is 0.0656. The topological polar surface area (TPSA) is 84.8 Å². The quantitative estimate of drug-likeness (QED) is 0.509. The fourth-order valence-electron chi connectivity index (χ4n) is 1.75. The second kappa shape index (κ2) is 7.26. The molecule has 0 atom stereocenters. The second-order valence-corrected chi connectivity index (χ2v) is 6.46. The van der Waals surface area contributed by atoms with Gasteiger partial charge in [0, 0.05) is 5.02 Å². The molecule has 0 aliphatic heterocycles. The Bertz CT molecular complexity index is 833. The summed E-state index contributed by atoms with van der Waals surface area (Å²) >= 11 is 5.76. The lowest BCUT2D eigenvalue weighted by atomic mass is 10.2. The van der Waals surface area contributed by atoms with Crippen molar-refractivity contribution in [3.8, 4) is 0 Å². The summed E-state index contributed by atoms with van der Waals surface area (Å²) in [6.45, 7) is 0. The monoisotopic (exact) mass is 352 g/mol. The zero-order valence-electron chi connectivity index (χ0n) is 12.1. The maximum Gasteiger partial charge on any atom is 0.339 e. The standard InChI is InChI=1S/C15H13ClN2O4S/c1-22-15(19)13-4-2-3-5-14(13)23(20,21)18-17-10-11-6-8-12(16)9-7-11/h2-10,18H,1H3/b17-10+. The van der Waals surface area contributed by atoms with Crippen LogP contribution in [-0.2, 0) is 14.8 Å². The van der Waals surface area contributed by atoms with Gasteiger partial charge in [0.2, 0.25) is 0 Å². The molecule has 0 unspecified atom stereocenters. The molecule has 0 aliphatic rings. The Morgan fingerprint density at radius 3 is 2.48 bits per heavy atom. The molecule has 0 aliphatic carbocycles. The highest BCUT2D eigenvalue weighted by atomic mass is 35.5. The van der Waals surface area contributed by atoms with Gasteiger partial charge < -0.3 is 4.74 Å². The number of hydrazone groups is 1. The van der Waals surface area contributed by atoms with Crippen molar-refractivity contribution in [2.75, 3.05) is 7.11 Å². The minimum atomic E-state index is -4.00. The first-order valence-electron chi connectivity index (χ1n) is 6.42. The van der Waals surface area contributed by atoms with E-state index in [0.29, 0.717) is 10.6 Å². The van der Waals surface area contributed by atoms with Crippen LogP contribution in [0.3, 0.4) is 0 Å². The molecule has 2 rings (SSSR count). The first-order chi connectivity index (χ1) is 10.9. The second-order valence-electron chi connectivity index (χ2n) is 4.39. The molecule has 6 nitrogen and oxygen atoms in total. The number of carbonyl (C=O) groups is 1. The first-order valence-corrected chi connectivity index (χ1v) is 8.28. The molecule has 8 heteroatoms. The van der Waals surface area contributed by atoms with Crippen molar-refractivity contribution in [3.05, 3.63) is 64.7 Å². The van der Waals surface area contributed by atoms with E-state index in [0.717, 1.165) is 0 Å². The number of esters is 1. The first kappa shape index (κ1) is 17.0. The molecule has 120 valence electrons. The number of hydrogen-bond acceptors (Lipinski definition) is 5. The van der Waals surface area contributed by atoms with Crippen molar-refractivity contribution in [1.29, 1.82) is 0 Å². The number of sulfonamides is 1. The van der Waals surface area contributed by atoms with Gasteiger partial charge in [-0.3, -0.25) is 0 Å². The number of hydrogen-bond donors (Lipinski definition) is 1. The lowest BCUT2D eigenvalue weighted by Crippen LogP contribution is -2.21. The lowest BCUT2D eigenvalue weighted by Gasteiger charge is -2.08. The van der Waals surface area contributed by atoms with E-state index < -0.39 is 16.0 Å². The van der Waals surface area contributed by atoms with Crippen LogP contribution in [0.2, 0.25) is 5.02 Å². The summed E-state index contributed by atoms with van der Waals surface area (Å²) in [7, 11) is -2.82. The fraction of sp³-hybridized carbons (Fsp3) is 0.0667. The van der Waals surface area contributed by atoms with E-state index >= 15 is 0 Å². The van der Waals surface area contributed by atoms with Crippen molar-refractivity contribution in [3.63, 3.8) is 0 Å². The van der Waals surface area contributed by atoms with Crippen LogP contribution in [0.4, 0.5) is 0 Å². The van der Waals surface area contributed by atoms with E-state index in [2.05, 4.69) is 14.7 Å². The van der Waals surface area contributed by atoms with Crippen LogP contribution < -0.4 is 4.83 Å². The lowest BCUT2D eigenvalue weighted by molar-refractivity contribution is 0.0596. The van der Waals surface area contributed by atoms with Crippen LogP contribution in [0.25, 0.3) is 0 Å². The SMILES string of the molecule is COC(=O)c1ccccc1S(=O)(=O)N/N=C/c1ccc(Cl)cc1. The number of carbonyl (C=O) groups excluding carboxylic acids is 1. The molecule has 0 heterocycles. The van der Waals surface area contributed by atoms with Crippen molar-refractivity contribution in [2.24, 2.45) is 5.10 Å². The van der Waals surface area contributed by atoms with Crippen LogP contribution in [0.5, 0.6) is 0 Å². The van der Waals surface area contributed by atoms with Gasteiger partial charge in [-0.2, -0.15) is 13.5 Å². The number of methoxy groups -OCH3 is 1. The normalized spacial score (nSPS) is 11.4. The number of nitrogens with one attached hydrogen (secondary N) is 1. The van der Waals surface area contributed by atoms with Gasteiger partial charge in [0.15, 0.2) is 0 Å². The predicted molar refractivity (Wildman–Crippen MR) is 87.1 cm³/mol. The highest BCUT2D eigenvalue weighted by molar-refractivity contribution is 7.89. The molecule has 0 bridgehead atoms. The molecule has 23 heavy (non-hydrogen) atoms. The average molecular weight is 353 g/mol. The van der Waals surface area contributed by atoms with E-state index in [1.807, 2.05) is 0 Å². The minimum Gasteiger partial charge on any atom is -0.465 e. The molecule has 2 aromatic carbocycles. The summed E-state index contributed by atoms with van der Waals surface area (Å²) < 4.78 is 29.1. The van der Waals surface area contributed by atoms with Gasteiger partial charge in [-0.1, -0.05) is 35.9 Å². The van der Waals surface area contributed by atoms with Crippen molar-refractivity contribution >= 4 is 33.8 Å². The number of ether oxygens (including phenoxy) is 1. The average Bonchev–Trinajstić information content (AvgIpc) is 2.56. The Kier molecular flexibility index (Phi) is 5.36. The third kappa shape index (κ3) is 4.30. The van der Waals surface area contributed by atoms with Crippen LogP contribution >= 0.6 is 11.6 Å². The summed E-state index contributed by atoms with van der Waals surface area (Å²) in [6, 6.07) is 12.4. The number of rotatable bonds is 5. The Hall–Kier alpha value is -2.38. The largest absolute Gasteiger partial charge is 0.465 e. The Balaban J connectivity index is 2.23. The highest BCUT2D eigenvalue weighted by Gasteiger charge is 2.21. The molecule has 0 saturated heterocycles. The van der Waals surface area contributed by atoms with Crippen molar-refractivity contribution < 1.29 is 17.9 Å². The summed E-state index contributed by atoms with van der Waals surface area (Å²) in [5.74, 6) is -0.743. The Labute approximate surface area is 138 Å². The van der Waals surface area contributed by atoms with Crippen LogP contribution in [0.15, 0.2) is 58.5 Å². The summed E-state index contributed by atoms with van der Waals surface area (Å²) in [6.07, 6.45) is 1.33. The number of nitrogens with zero attached hydrogens (tertiary/aromatic N) is 1. The molecule has 0 aromatic heterocycles. The van der Waals surface area contributed by atoms with Gasteiger partial charge in [0.25, 0.3) is 10.0 Å². The summed E-state index contributed by atoms with van der Waals surface area (Å²) in [5, 5.41) is 4.25. The van der Waals surface area contributed by atoms with E-state index in [1.54, 1.807) is 30.3 Å². The number of benzene rings is 2. The number of halogens is 1. The predicted octanol–water partition coefficient (Wildman–Crippen LogP) is 2.44. The third-order valence-corrected chi connectivity index (χ3v) is 4.37. The maximum atomic E-state index is 12.3. The van der Waals surface area contributed by atoms with E-state index in [1.165, 1.54) is 31.5 Å². The molecule has 2 aromatic rings. The van der Waals surface area contributed by atoms with E-state index in [-0.39, 0.29) is 10.5 Å². The highest BCUT2D eigenvalue weighted by Crippen LogP contribution is 2.16. The van der Waals surface area contributed by atoms with Gasteiger partial charge in [-0.15, -0.1) is 0 Å².